The number of nitrogens with one attached hydrogen (secondary N) is 1. The SMILES string of the molecule is CC(c1cccs1)N(C)C1CNCC1O. The second kappa shape index (κ2) is 4.61. The summed E-state index contributed by atoms with van der Waals surface area (Å²) in [6.45, 7) is 3.79. The minimum atomic E-state index is -0.239. The molecular formula is C11H18N2OS. The molecule has 15 heavy (non-hydrogen) atoms. The highest BCUT2D eigenvalue weighted by molar-refractivity contribution is 7.10. The molecule has 84 valence electrons. The van der Waals surface area contributed by atoms with Crippen molar-refractivity contribution < 1.29 is 5.11 Å². The van der Waals surface area contributed by atoms with Gasteiger partial charge in [-0.05, 0) is 25.4 Å². The molecule has 1 saturated heterocycles. The Labute approximate surface area is 94.7 Å². The van der Waals surface area contributed by atoms with Crippen LogP contribution in [0.15, 0.2) is 17.5 Å². The summed E-state index contributed by atoms with van der Waals surface area (Å²) < 4.78 is 0. The number of β-amino-alcohol motifs (C(OH)–C–C–N with tert-alkyl or cyclic N) is 1. The minimum absolute atomic E-state index is 0.238. The molecule has 3 unspecified atom stereocenters. The van der Waals surface area contributed by atoms with E-state index in [0.29, 0.717) is 12.6 Å². The Morgan fingerprint density at radius 1 is 1.60 bits per heavy atom. The van der Waals surface area contributed by atoms with Gasteiger partial charge in [0.2, 0.25) is 0 Å². The van der Waals surface area contributed by atoms with E-state index in [1.54, 1.807) is 11.3 Å². The van der Waals surface area contributed by atoms with Crippen LogP contribution in [0.2, 0.25) is 0 Å². The average Bonchev–Trinajstić information content (AvgIpc) is 2.85. The van der Waals surface area contributed by atoms with Crippen molar-refractivity contribution in [1.29, 1.82) is 0 Å². The first-order valence-corrected chi connectivity index (χ1v) is 6.22. The fourth-order valence-corrected chi connectivity index (χ4v) is 2.92. The predicted octanol–water partition coefficient (Wildman–Crippen LogP) is 1.07. The highest BCUT2D eigenvalue weighted by Crippen LogP contribution is 2.26. The van der Waals surface area contributed by atoms with Crippen LogP contribution in [-0.4, -0.2) is 42.3 Å². The third kappa shape index (κ3) is 2.23. The Morgan fingerprint density at radius 3 is 2.93 bits per heavy atom. The van der Waals surface area contributed by atoms with Gasteiger partial charge >= 0.3 is 0 Å². The Balaban J connectivity index is 2.04. The van der Waals surface area contributed by atoms with Crippen LogP contribution in [0.5, 0.6) is 0 Å². The van der Waals surface area contributed by atoms with Crippen molar-refractivity contribution in [2.45, 2.75) is 25.1 Å². The maximum atomic E-state index is 9.80. The van der Waals surface area contributed by atoms with Gasteiger partial charge < -0.3 is 10.4 Å². The molecule has 0 aromatic carbocycles. The normalized spacial score (nSPS) is 28.5. The molecule has 3 atom stereocenters. The van der Waals surface area contributed by atoms with E-state index in [-0.39, 0.29) is 12.1 Å². The lowest BCUT2D eigenvalue weighted by atomic mass is 10.1. The Kier molecular flexibility index (Phi) is 3.41. The van der Waals surface area contributed by atoms with E-state index in [0.717, 1.165) is 6.54 Å². The number of aliphatic hydroxyl groups excluding tert-OH is 1. The molecule has 2 rings (SSSR count). The molecule has 0 amide bonds. The van der Waals surface area contributed by atoms with E-state index in [1.807, 2.05) is 0 Å². The van der Waals surface area contributed by atoms with E-state index < -0.39 is 0 Å². The van der Waals surface area contributed by atoms with Crippen molar-refractivity contribution in [1.82, 2.24) is 10.2 Å². The van der Waals surface area contributed by atoms with Crippen LogP contribution in [-0.2, 0) is 0 Å². The fourth-order valence-electron chi connectivity index (χ4n) is 2.08. The predicted molar refractivity (Wildman–Crippen MR) is 63.2 cm³/mol. The van der Waals surface area contributed by atoms with Gasteiger partial charge in [-0.15, -0.1) is 11.3 Å². The first-order chi connectivity index (χ1) is 7.20. The van der Waals surface area contributed by atoms with Crippen LogP contribution in [0, 0.1) is 0 Å². The maximum absolute atomic E-state index is 9.80. The van der Waals surface area contributed by atoms with Crippen molar-refractivity contribution in [3.8, 4) is 0 Å². The van der Waals surface area contributed by atoms with Gasteiger partial charge in [-0.1, -0.05) is 6.07 Å². The number of nitrogens with zero attached hydrogens (tertiary/aromatic N) is 1. The van der Waals surface area contributed by atoms with Gasteiger partial charge in [0, 0.05) is 30.1 Å². The van der Waals surface area contributed by atoms with Gasteiger partial charge in [0.1, 0.15) is 0 Å². The first-order valence-electron chi connectivity index (χ1n) is 5.34. The minimum Gasteiger partial charge on any atom is -0.390 e. The third-order valence-corrected chi connectivity index (χ3v) is 4.28. The number of thiophene rings is 1. The molecule has 2 heterocycles. The summed E-state index contributed by atoms with van der Waals surface area (Å²) in [7, 11) is 2.09. The summed E-state index contributed by atoms with van der Waals surface area (Å²) in [5, 5.41) is 15.1. The quantitative estimate of drug-likeness (QED) is 0.809. The Morgan fingerprint density at radius 2 is 2.40 bits per heavy atom. The van der Waals surface area contributed by atoms with E-state index in [2.05, 4.69) is 41.7 Å². The Hall–Kier alpha value is -0.420. The first kappa shape index (κ1) is 11.1. The summed E-state index contributed by atoms with van der Waals surface area (Å²) in [6.07, 6.45) is -0.239. The molecule has 1 aliphatic heterocycles. The zero-order chi connectivity index (χ0) is 10.8. The van der Waals surface area contributed by atoms with Crippen LogP contribution in [0.3, 0.4) is 0 Å². The summed E-state index contributed by atoms with van der Waals surface area (Å²) in [6, 6.07) is 4.85. The number of aliphatic hydroxyl groups is 1. The largest absolute Gasteiger partial charge is 0.390 e. The molecule has 1 fully saturated rings. The van der Waals surface area contributed by atoms with E-state index in [1.165, 1.54) is 4.88 Å². The lowest BCUT2D eigenvalue weighted by Gasteiger charge is -2.31. The van der Waals surface area contributed by atoms with Crippen LogP contribution >= 0.6 is 11.3 Å². The number of hydrogen-bond donors (Lipinski definition) is 2. The van der Waals surface area contributed by atoms with Gasteiger partial charge in [0.15, 0.2) is 0 Å². The van der Waals surface area contributed by atoms with Crippen LogP contribution in [0.1, 0.15) is 17.8 Å². The zero-order valence-electron chi connectivity index (χ0n) is 9.18. The van der Waals surface area contributed by atoms with E-state index in [4.69, 9.17) is 0 Å². The molecular weight excluding hydrogens is 208 g/mol. The smallest absolute Gasteiger partial charge is 0.0831 e. The molecule has 0 radical (unpaired) electrons. The third-order valence-electron chi connectivity index (χ3n) is 3.24. The van der Waals surface area contributed by atoms with Crippen molar-refractivity contribution >= 4 is 11.3 Å². The molecule has 3 nitrogen and oxygen atoms in total. The molecule has 0 aliphatic carbocycles. The summed E-state index contributed by atoms with van der Waals surface area (Å²) in [5.41, 5.74) is 0. The monoisotopic (exact) mass is 226 g/mol. The second-order valence-electron chi connectivity index (χ2n) is 4.15. The Bertz CT molecular complexity index is 302. The molecule has 2 N–H and O–H groups in total. The molecule has 0 spiro atoms. The van der Waals surface area contributed by atoms with E-state index >= 15 is 0 Å². The number of hydrogen-bond acceptors (Lipinski definition) is 4. The lowest BCUT2D eigenvalue weighted by Crippen LogP contribution is -2.41. The van der Waals surface area contributed by atoms with Crippen LogP contribution in [0.4, 0.5) is 0 Å². The molecule has 1 aromatic heterocycles. The standard InChI is InChI=1S/C11H18N2OS/c1-8(11-4-3-5-15-11)13(2)9-6-12-7-10(9)14/h3-5,8-10,12,14H,6-7H2,1-2H3. The fraction of sp³-hybridized carbons (Fsp3) is 0.636. The molecule has 1 aromatic rings. The molecule has 0 bridgehead atoms. The molecule has 0 saturated carbocycles. The number of rotatable bonds is 3. The van der Waals surface area contributed by atoms with Gasteiger partial charge in [0.25, 0.3) is 0 Å². The van der Waals surface area contributed by atoms with E-state index in [9.17, 15) is 5.11 Å². The van der Waals surface area contributed by atoms with Crippen molar-refractivity contribution in [3.05, 3.63) is 22.4 Å². The van der Waals surface area contributed by atoms with Gasteiger partial charge in [0.05, 0.1) is 6.10 Å². The average molecular weight is 226 g/mol. The maximum Gasteiger partial charge on any atom is 0.0831 e. The van der Waals surface area contributed by atoms with Gasteiger partial charge in [-0.3, -0.25) is 4.90 Å². The highest BCUT2D eigenvalue weighted by Gasteiger charge is 2.31. The molecule has 4 heteroatoms. The van der Waals surface area contributed by atoms with Crippen molar-refractivity contribution in [2.24, 2.45) is 0 Å². The summed E-state index contributed by atoms with van der Waals surface area (Å²) >= 11 is 1.78. The highest BCUT2D eigenvalue weighted by atomic mass is 32.1. The molecule has 1 aliphatic rings. The van der Waals surface area contributed by atoms with Crippen LogP contribution < -0.4 is 5.32 Å². The summed E-state index contributed by atoms with van der Waals surface area (Å²) in [5.74, 6) is 0. The lowest BCUT2D eigenvalue weighted by molar-refractivity contribution is 0.0785. The second-order valence-corrected chi connectivity index (χ2v) is 5.13. The van der Waals surface area contributed by atoms with Crippen molar-refractivity contribution in [3.63, 3.8) is 0 Å². The van der Waals surface area contributed by atoms with Gasteiger partial charge in [-0.2, -0.15) is 0 Å². The summed E-state index contributed by atoms with van der Waals surface area (Å²) in [4.78, 5) is 3.62. The zero-order valence-corrected chi connectivity index (χ0v) is 10.00. The number of likely N-dealkylation sites (N-methyl/N-ethyl adjacent to an activating group) is 1. The van der Waals surface area contributed by atoms with Crippen LogP contribution in [0.25, 0.3) is 0 Å². The van der Waals surface area contributed by atoms with Gasteiger partial charge in [-0.25, -0.2) is 0 Å². The topological polar surface area (TPSA) is 35.5 Å². The van der Waals surface area contributed by atoms with Crippen molar-refractivity contribution in [2.75, 3.05) is 20.1 Å².